The summed E-state index contributed by atoms with van der Waals surface area (Å²) in [7, 11) is 0. The lowest BCUT2D eigenvalue weighted by molar-refractivity contribution is -0.129. The first kappa shape index (κ1) is 12.1. The zero-order valence-electron chi connectivity index (χ0n) is 10.9. The van der Waals surface area contributed by atoms with Crippen LogP contribution in [0.2, 0.25) is 0 Å². The van der Waals surface area contributed by atoms with Crippen LogP contribution in [0.1, 0.15) is 65.2 Å². The molecule has 0 radical (unpaired) electrons. The van der Waals surface area contributed by atoms with E-state index in [1.54, 1.807) is 0 Å². The molecule has 2 saturated carbocycles. The van der Waals surface area contributed by atoms with Gasteiger partial charge in [-0.15, -0.1) is 0 Å². The van der Waals surface area contributed by atoms with E-state index in [0.29, 0.717) is 17.6 Å². The smallest absolute Gasteiger partial charge is 0.139 e. The van der Waals surface area contributed by atoms with Crippen molar-refractivity contribution in [3.63, 3.8) is 0 Å². The van der Waals surface area contributed by atoms with Gasteiger partial charge in [-0.05, 0) is 37.5 Å². The summed E-state index contributed by atoms with van der Waals surface area (Å²) < 4.78 is 0. The molecule has 2 aliphatic rings. The molecule has 0 aliphatic heterocycles. The number of carbonyl (C=O) groups is 1. The van der Waals surface area contributed by atoms with E-state index in [2.05, 4.69) is 13.8 Å². The quantitative estimate of drug-likeness (QED) is 0.684. The van der Waals surface area contributed by atoms with E-state index in [1.165, 1.54) is 51.4 Å². The Hall–Kier alpha value is -0.330. The molecule has 0 N–H and O–H groups in total. The van der Waals surface area contributed by atoms with Crippen LogP contribution in [0.25, 0.3) is 0 Å². The maximum atomic E-state index is 12.4. The van der Waals surface area contributed by atoms with E-state index < -0.39 is 0 Å². The van der Waals surface area contributed by atoms with Crippen molar-refractivity contribution in [3.05, 3.63) is 0 Å². The molecule has 1 heteroatoms. The molecule has 4 atom stereocenters. The fourth-order valence-electron chi connectivity index (χ4n) is 3.72. The van der Waals surface area contributed by atoms with Gasteiger partial charge in [0.2, 0.25) is 0 Å². The predicted octanol–water partition coefficient (Wildman–Crippen LogP) is 4.21. The van der Waals surface area contributed by atoms with Crippen LogP contribution in [0, 0.1) is 23.7 Å². The Bertz CT molecular complexity index is 222. The van der Waals surface area contributed by atoms with Gasteiger partial charge in [0.1, 0.15) is 5.78 Å². The maximum absolute atomic E-state index is 12.4. The largest absolute Gasteiger partial charge is 0.299 e. The molecule has 0 aromatic carbocycles. The Balaban J connectivity index is 1.90. The molecule has 0 saturated heterocycles. The third kappa shape index (κ3) is 2.87. The Morgan fingerprint density at radius 3 is 1.62 bits per heavy atom. The highest BCUT2D eigenvalue weighted by atomic mass is 16.1. The molecule has 16 heavy (non-hydrogen) atoms. The molecule has 0 bridgehead atoms. The first-order chi connectivity index (χ1) is 7.66. The zero-order chi connectivity index (χ0) is 11.5. The molecule has 0 aromatic heterocycles. The first-order valence-corrected chi connectivity index (χ1v) is 7.20. The average molecular weight is 222 g/mol. The molecule has 2 aliphatic carbocycles. The van der Waals surface area contributed by atoms with Gasteiger partial charge in [-0.3, -0.25) is 4.79 Å². The van der Waals surface area contributed by atoms with E-state index in [4.69, 9.17) is 0 Å². The Kier molecular flexibility index (Phi) is 4.05. The lowest BCUT2D eigenvalue weighted by Crippen LogP contribution is -2.30. The third-order valence-electron chi connectivity index (χ3n) is 4.68. The summed E-state index contributed by atoms with van der Waals surface area (Å²) in [5.74, 6) is 3.02. The third-order valence-corrected chi connectivity index (χ3v) is 4.68. The summed E-state index contributed by atoms with van der Waals surface area (Å²) in [6.07, 6.45) is 9.92. The van der Waals surface area contributed by atoms with Crippen LogP contribution < -0.4 is 0 Å². The summed E-state index contributed by atoms with van der Waals surface area (Å²) in [5.41, 5.74) is 0. The number of rotatable bonds is 2. The number of carbonyl (C=O) groups excluding carboxylic acids is 1. The van der Waals surface area contributed by atoms with Crippen LogP contribution in [0.15, 0.2) is 0 Å². The highest BCUT2D eigenvalue weighted by molar-refractivity contribution is 5.83. The van der Waals surface area contributed by atoms with Gasteiger partial charge in [0, 0.05) is 11.8 Å². The second kappa shape index (κ2) is 5.33. The zero-order valence-corrected chi connectivity index (χ0v) is 10.9. The predicted molar refractivity (Wildman–Crippen MR) is 67.3 cm³/mol. The average Bonchev–Trinajstić information content (AvgIpc) is 2.28. The van der Waals surface area contributed by atoms with E-state index in [-0.39, 0.29) is 0 Å². The fraction of sp³-hybridized carbons (Fsp3) is 0.933. The van der Waals surface area contributed by atoms with Crippen molar-refractivity contribution >= 4 is 5.78 Å². The van der Waals surface area contributed by atoms with E-state index >= 15 is 0 Å². The molecule has 0 amide bonds. The number of hydrogen-bond donors (Lipinski definition) is 0. The Labute approximate surface area is 100.0 Å². The molecular formula is C15H26O. The molecule has 0 aromatic rings. The number of Topliss-reactive ketones (excluding diaryl/α,β-unsaturated/α-hetero) is 1. The monoisotopic (exact) mass is 222 g/mol. The lowest BCUT2D eigenvalue weighted by atomic mass is 9.72. The van der Waals surface area contributed by atoms with Crippen LogP contribution >= 0.6 is 0 Å². The van der Waals surface area contributed by atoms with Gasteiger partial charge in [-0.2, -0.15) is 0 Å². The van der Waals surface area contributed by atoms with Crippen molar-refractivity contribution in [2.75, 3.05) is 0 Å². The molecule has 92 valence electrons. The van der Waals surface area contributed by atoms with E-state index in [0.717, 1.165) is 11.8 Å². The van der Waals surface area contributed by atoms with Crippen molar-refractivity contribution in [2.45, 2.75) is 65.2 Å². The SMILES string of the molecule is CC1CCCC(C(=O)C2CCCC(C)C2)C1. The minimum Gasteiger partial charge on any atom is -0.299 e. The van der Waals surface area contributed by atoms with Crippen LogP contribution in [-0.4, -0.2) is 5.78 Å². The van der Waals surface area contributed by atoms with Crippen LogP contribution in [0.4, 0.5) is 0 Å². The summed E-state index contributed by atoms with van der Waals surface area (Å²) >= 11 is 0. The van der Waals surface area contributed by atoms with Crippen molar-refractivity contribution in [3.8, 4) is 0 Å². The number of hydrogen-bond acceptors (Lipinski definition) is 1. The summed E-state index contributed by atoms with van der Waals surface area (Å²) in [4.78, 5) is 12.4. The fourth-order valence-corrected chi connectivity index (χ4v) is 3.72. The van der Waals surface area contributed by atoms with Crippen LogP contribution in [-0.2, 0) is 4.79 Å². The summed E-state index contributed by atoms with van der Waals surface area (Å²) in [6.45, 7) is 4.62. The van der Waals surface area contributed by atoms with Gasteiger partial charge in [-0.1, -0.05) is 39.5 Å². The normalized spacial score (nSPS) is 40.6. The Morgan fingerprint density at radius 1 is 0.812 bits per heavy atom. The van der Waals surface area contributed by atoms with Gasteiger partial charge in [0.25, 0.3) is 0 Å². The van der Waals surface area contributed by atoms with Crippen molar-refractivity contribution in [1.29, 1.82) is 0 Å². The van der Waals surface area contributed by atoms with Gasteiger partial charge in [0.05, 0.1) is 0 Å². The second-order valence-corrected chi connectivity index (χ2v) is 6.34. The first-order valence-electron chi connectivity index (χ1n) is 7.20. The van der Waals surface area contributed by atoms with Crippen LogP contribution in [0.5, 0.6) is 0 Å². The topological polar surface area (TPSA) is 17.1 Å². The van der Waals surface area contributed by atoms with E-state index in [9.17, 15) is 4.79 Å². The summed E-state index contributed by atoms with van der Waals surface area (Å²) in [6, 6.07) is 0. The summed E-state index contributed by atoms with van der Waals surface area (Å²) in [5, 5.41) is 0. The lowest BCUT2D eigenvalue weighted by Gasteiger charge is -2.32. The van der Waals surface area contributed by atoms with Gasteiger partial charge < -0.3 is 0 Å². The maximum Gasteiger partial charge on any atom is 0.139 e. The molecule has 2 rings (SSSR count). The highest BCUT2D eigenvalue weighted by Gasteiger charge is 2.32. The molecule has 1 nitrogen and oxygen atoms in total. The van der Waals surface area contributed by atoms with Crippen molar-refractivity contribution in [1.82, 2.24) is 0 Å². The van der Waals surface area contributed by atoms with Gasteiger partial charge in [0.15, 0.2) is 0 Å². The van der Waals surface area contributed by atoms with E-state index in [1.807, 2.05) is 0 Å². The van der Waals surface area contributed by atoms with Gasteiger partial charge >= 0.3 is 0 Å². The van der Waals surface area contributed by atoms with Crippen molar-refractivity contribution in [2.24, 2.45) is 23.7 Å². The molecule has 2 fully saturated rings. The molecule has 0 heterocycles. The molecule has 4 unspecified atom stereocenters. The van der Waals surface area contributed by atoms with Gasteiger partial charge in [-0.25, -0.2) is 0 Å². The second-order valence-electron chi connectivity index (χ2n) is 6.34. The number of ketones is 1. The minimum absolute atomic E-state index is 0.416. The van der Waals surface area contributed by atoms with Crippen molar-refractivity contribution < 1.29 is 4.79 Å². The standard InChI is InChI=1S/C15H26O/c1-11-5-3-7-13(9-11)15(16)14-8-4-6-12(2)10-14/h11-14H,3-10H2,1-2H3. The highest BCUT2D eigenvalue weighted by Crippen LogP contribution is 2.36. The Morgan fingerprint density at radius 2 is 1.25 bits per heavy atom. The minimum atomic E-state index is 0.416. The van der Waals surface area contributed by atoms with Crippen LogP contribution in [0.3, 0.4) is 0 Å². The molecular weight excluding hydrogens is 196 g/mol. The molecule has 0 spiro atoms.